The molecule has 1 aliphatic rings. The van der Waals surface area contributed by atoms with Crippen molar-refractivity contribution < 1.29 is 19.1 Å². The molecule has 0 saturated carbocycles. The number of amides is 2. The van der Waals surface area contributed by atoms with Crippen LogP contribution in [0.3, 0.4) is 0 Å². The smallest absolute Gasteiger partial charge is 0.335 e. The molecule has 5 heteroatoms. The standard InChI is InChI=1S/C14H13NO4/c1-3-9(2)14(18)19-8-15-12(16)10-6-4-5-7-11(10)13(15)17/h4-7H,2-3,8H2,1H3. The van der Waals surface area contributed by atoms with Crippen LogP contribution in [0.15, 0.2) is 36.4 Å². The van der Waals surface area contributed by atoms with Gasteiger partial charge < -0.3 is 4.74 Å². The Morgan fingerprint density at radius 3 is 2.21 bits per heavy atom. The molecule has 1 aromatic rings. The second-order valence-electron chi connectivity index (χ2n) is 4.10. The van der Waals surface area contributed by atoms with Crippen LogP contribution in [0, 0.1) is 0 Å². The SMILES string of the molecule is C=C(CC)C(=O)OCN1C(=O)c2ccccc2C1=O. The minimum Gasteiger partial charge on any atom is -0.440 e. The number of benzene rings is 1. The van der Waals surface area contributed by atoms with Gasteiger partial charge in [0.2, 0.25) is 0 Å². The molecular formula is C14H13NO4. The van der Waals surface area contributed by atoms with E-state index in [0.717, 1.165) is 4.90 Å². The number of esters is 1. The van der Waals surface area contributed by atoms with Crippen molar-refractivity contribution in [3.05, 3.63) is 47.5 Å². The van der Waals surface area contributed by atoms with Crippen LogP contribution in [-0.2, 0) is 9.53 Å². The Hall–Kier alpha value is -2.43. The Bertz CT molecular complexity index is 542. The number of carbonyl (C=O) groups excluding carboxylic acids is 3. The molecule has 0 saturated heterocycles. The van der Waals surface area contributed by atoms with E-state index in [0.29, 0.717) is 23.1 Å². The van der Waals surface area contributed by atoms with Crippen LogP contribution in [0.2, 0.25) is 0 Å². The fourth-order valence-electron chi connectivity index (χ4n) is 1.73. The van der Waals surface area contributed by atoms with Gasteiger partial charge in [-0.2, -0.15) is 0 Å². The summed E-state index contributed by atoms with van der Waals surface area (Å²) in [5, 5.41) is 0. The molecule has 1 aliphatic heterocycles. The van der Waals surface area contributed by atoms with Crippen molar-refractivity contribution >= 4 is 17.8 Å². The van der Waals surface area contributed by atoms with Gasteiger partial charge in [-0.1, -0.05) is 25.6 Å². The third-order valence-electron chi connectivity index (χ3n) is 2.92. The quantitative estimate of drug-likeness (QED) is 0.469. The molecule has 0 fully saturated rings. The first-order valence-electron chi connectivity index (χ1n) is 5.86. The highest BCUT2D eigenvalue weighted by molar-refractivity contribution is 6.21. The predicted molar refractivity (Wildman–Crippen MR) is 67.3 cm³/mol. The third kappa shape index (κ3) is 2.27. The molecule has 0 radical (unpaired) electrons. The zero-order valence-corrected chi connectivity index (χ0v) is 10.5. The molecule has 5 nitrogen and oxygen atoms in total. The van der Waals surface area contributed by atoms with Gasteiger partial charge >= 0.3 is 5.97 Å². The average Bonchev–Trinajstić information content (AvgIpc) is 2.68. The van der Waals surface area contributed by atoms with Gasteiger partial charge in [0.25, 0.3) is 11.8 Å². The van der Waals surface area contributed by atoms with E-state index in [-0.39, 0.29) is 6.73 Å². The van der Waals surface area contributed by atoms with Gasteiger partial charge in [-0.3, -0.25) is 9.59 Å². The van der Waals surface area contributed by atoms with Gasteiger partial charge in [-0.25, -0.2) is 9.69 Å². The first-order valence-corrected chi connectivity index (χ1v) is 5.86. The maximum Gasteiger partial charge on any atom is 0.335 e. The first kappa shape index (κ1) is 13.0. The van der Waals surface area contributed by atoms with Crippen molar-refractivity contribution in [3.8, 4) is 0 Å². The van der Waals surface area contributed by atoms with Crippen LogP contribution < -0.4 is 0 Å². The number of carbonyl (C=O) groups is 3. The van der Waals surface area contributed by atoms with E-state index in [1.165, 1.54) is 0 Å². The molecule has 0 unspecified atom stereocenters. The zero-order valence-electron chi connectivity index (χ0n) is 10.5. The van der Waals surface area contributed by atoms with Crippen molar-refractivity contribution in [2.45, 2.75) is 13.3 Å². The van der Waals surface area contributed by atoms with E-state index in [2.05, 4.69) is 6.58 Å². The van der Waals surface area contributed by atoms with Crippen LogP contribution in [0.1, 0.15) is 34.1 Å². The van der Waals surface area contributed by atoms with Gasteiger partial charge in [-0.05, 0) is 18.6 Å². The van der Waals surface area contributed by atoms with Gasteiger partial charge in [0.05, 0.1) is 11.1 Å². The molecule has 0 spiro atoms. The summed E-state index contributed by atoms with van der Waals surface area (Å²) in [5.41, 5.74) is 0.965. The summed E-state index contributed by atoms with van der Waals surface area (Å²) in [6.07, 6.45) is 0.459. The van der Waals surface area contributed by atoms with Crippen LogP contribution in [0.25, 0.3) is 0 Å². The monoisotopic (exact) mass is 259 g/mol. The minimum atomic E-state index is -0.598. The second-order valence-corrected chi connectivity index (χ2v) is 4.10. The summed E-state index contributed by atoms with van der Waals surface area (Å²) in [6.45, 7) is 4.92. The summed E-state index contributed by atoms with van der Waals surface area (Å²) in [7, 11) is 0. The van der Waals surface area contributed by atoms with Crippen molar-refractivity contribution in [1.29, 1.82) is 0 Å². The number of imide groups is 1. The molecule has 1 heterocycles. The lowest BCUT2D eigenvalue weighted by Crippen LogP contribution is -2.33. The van der Waals surface area contributed by atoms with E-state index >= 15 is 0 Å². The second kappa shape index (κ2) is 5.06. The van der Waals surface area contributed by atoms with Gasteiger partial charge in [0, 0.05) is 5.57 Å². The molecule has 98 valence electrons. The lowest BCUT2D eigenvalue weighted by atomic mass is 10.1. The van der Waals surface area contributed by atoms with Crippen LogP contribution in [0.4, 0.5) is 0 Å². The van der Waals surface area contributed by atoms with Crippen molar-refractivity contribution in [2.75, 3.05) is 6.73 Å². The molecular weight excluding hydrogens is 246 g/mol. The molecule has 19 heavy (non-hydrogen) atoms. The summed E-state index contributed by atoms with van der Waals surface area (Å²) >= 11 is 0. The highest BCUT2D eigenvalue weighted by Crippen LogP contribution is 2.22. The normalized spacial score (nSPS) is 13.4. The molecule has 2 amide bonds. The topological polar surface area (TPSA) is 63.7 Å². The number of rotatable bonds is 4. The van der Waals surface area contributed by atoms with Gasteiger partial charge in [-0.15, -0.1) is 0 Å². The van der Waals surface area contributed by atoms with Crippen molar-refractivity contribution in [2.24, 2.45) is 0 Å². The summed E-state index contributed by atoms with van der Waals surface area (Å²) in [6, 6.07) is 6.50. The Kier molecular flexibility index (Phi) is 3.46. The van der Waals surface area contributed by atoms with E-state index in [4.69, 9.17) is 4.74 Å². The summed E-state index contributed by atoms with van der Waals surface area (Å²) in [4.78, 5) is 36.3. The van der Waals surface area contributed by atoms with E-state index < -0.39 is 17.8 Å². The molecule has 2 rings (SSSR count). The Morgan fingerprint density at radius 1 is 1.21 bits per heavy atom. The Balaban J connectivity index is 2.09. The maximum absolute atomic E-state index is 12.0. The summed E-state index contributed by atoms with van der Waals surface area (Å²) in [5.74, 6) is -1.50. The molecule has 0 atom stereocenters. The van der Waals surface area contributed by atoms with Gasteiger partial charge in [0.1, 0.15) is 0 Å². The fourth-order valence-corrected chi connectivity index (χ4v) is 1.73. The van der Waals surface area contributed by atoms with Crippen LogP contribution >= 0.6 is 0 Å². The highest BCUT2D eigenvalue weighted by Gasteiger charge is 2.35. The Morgan fingerprint density at radius 2 is 1.74 bits per heavy atom. The number of nitrogens with zero attached hydrogens (tertiary/aromatic N) is 1. The van der Waals surface area contributed by atoms with Crippen molar-refractivity contribution in [1.82, 2.24) is 4.90 Å². The van der Waals surface area contributed by atoms with Crippen LogP contribution in [-0.4, -0.2) is 29.4 Å². The fraction of sp³-hybridized carbons (Fsp3) is 0.214. The number of ether oxygens (including phenoxy) is 1. The molecule has 0 aromatic heterocycles. The lowest BCUT2D eigenvalue weighted by Gasteiger charge is -2.14. The number of hydrogen-bond acceptors (Lipinski definition) is 4. The summed E-state index contributed by atoms with van der Waals surface area (Å²) < 4.78 is 4.90. The first-order chi connectivity index (χ1) is 9.06. The van der Waals surface area contributed by atoms with E-state index in [1.807, 2.05) is 0 Å². The lowest BCUT2D eigenvalue weighted by molar-refractivity contribution is -0.141. The average molecular weight is 259 g/mol. The maximum atomic E-state index is 12.0. The number of hydrogen-bond donors (Lipinski definition) is 0. The third-order valence-corrected chi connectivity index (χ3v) is 2.92. The Labute approximate surface area is 110 Å². The predicted octanol–water partition coefficient (Wildman–Crippen LogP) is 1.75. The van der Waals surface area contributed by atoms with E-state index in [1.54, 1.807) is 31.2 Å². The highest BCUT2D eigenvalue weighted by atomic mass is 16.5. The largest absolute Gasteiger partial charge is 0.440 e. The van der Waals surface area contributed by atoms with E-state index in [9.17, 15) is 14.4 Å². The van der Waals surface area contributed by atoms with Gasteiger partial charge in [0.15, 0.2) is 6.73 Å². The van der Waals surface area contributed by atoms with Crippen LogP contribution in [0.5, 0.6) is 0 Å². The van der Waals surface area contributed by atoms with Crippen molar-refractivity contribution in [3.63, 3.8) is 0 Å². The molecule has 0 aliphatic carbocycles. The molecule has 0 bridgehead atoms. The minimum absolute atomic E-state index is 0.302. The number of fused-ring (bicyclic) bond motifs is 1. The molecule has 1 aromatic carbocycles. The zero-order chi connectivity index (χ0) is 14.0. The molecule has 0 N–H and O–H groups in total.